The molecule has 2 aromatic carbocycles. The minimum atomic E-state index is -3.89. The van der Waals surface area contributed by atoms with Crippen molar-refractivity contribution in [3.05, 3.63) is 65.2 Å². The molecule has 2 aromatic rings. The molecule has 0 unspecified atom stereocenters. The van der Waals surface area contributed by atoms with E-state index in [9.17, 15) is 18.0 Å². The van der Waals surface area contributed by atoms with Crippen LogP contribution < -0.4 is 4.83 Å². The van der Waals surface area contributed by atoms with Gasteiger partial charge in [0.25, 0.3) is 21.8 Å². The summed E-state index contributed by atoms with van der Waals surface area (Å²) in [5.74, 6) is -0.807. The molecule has 5 rings (SSSR count). The highest BCUT2D eigenvalue weighted by Crippen LogP contribution is 2.34. The number of fused-ring (bicyclic) bond motifs is 3. The van der Waals surface area contributed by atoms with E-state index < -0.39 is 40.3 Å². The van der Waals surface area contributed by atoms with Gasteiger partial charge in [0, 0.05) is 6.42 Å². The third kappa shape index (κ3) is 3.32. The van der Waals surface area contributed by atoms with Gasteiger partial charge in [0.1, 0.15) is 6.10 Å². The van der Waals surface area contributed by atoms with Crippen molar-refractivity contribution in [3.8, 4) is 0 Å². The standard InChI is InChI=1S/C21H19N3O6S/c1-12-6-8-13(9-7-12)31(27,28)23-22-16-10-17(18-11-29-21(16)30-18)24-19(25)14-4-2-3-5-15(14)20(24)26/h2-9,17-18,21,23H,10-11H2,1H3/b22-16-/t17-,18+,21+/m0/s1. The molecule has 0 radical (unpaired) electrons. The van der Waals surface area contributed by atoms with Gasteiger partial charge < -0.3 is 9.47 Å². The molecular formula is C21H19N3O6S. The maximum Gasteiger partial charge on any atom is 0.276 e. The molecule has 2 amide bonds. The van der Waals surface area contributed by atoms with Crippen molar-refractivity contribution in [2.75, 3.05) is 6.61 Å². The van der Waals surface area contributed by atoms with E-state index in [4.69, 9.17) is 9.47 Å². The average Bonchev–Trinajstić information content (AvgIpc) is 3.29. The third-order valence-corrected chi connectivity index (χ3v) is 6.85. The Balaban J connectivity index is 1.40. The van der Waals surface area contributed by atoms with E-state index in [0.29, 0.717) is 11.1 Å². The van der Waals surface area contributed by atoms with Crippen LogP contribution in [0.15, 0.2) is 58.5 Å². The first-order chi connectivity index (χ1) is 14.8. The van der Waals surface area contributed by atoms with Gasteiger partial charge in [0.2, 0.25) is 0 Å². The fourth-order valence-electron chi connectivity index (χ4n) is 3.99. The van der Waals surface area contributed by atoms with Gasteiger partial charge in [-0.15, -0.1) is 0 Å². The lowest BCUT2D eigenvalue weighted by molar-refractivity contribution is -0.0376. The van der Waals surface area contributed by atoms with E-state index in [1.54, 1.807) is 36.4 Å². The van der Waals surface area contributed by atoms with Gasteiger partial charge in [-0.3, -0.25) is 14.5 Å². The maximum absolute atomic E-state index is 12.9. The van der Waals surface area contributed by atoms with Crippen LogP contribution in [0.25, 0.3) is 0 Å². The van der Waals surface area contributed by atoms with Crippen molar-refractivity contribution < 1.29 is 27.5 Å². The van der Waals surface area contributed by atoms with Crippen LogP contribution in [0.4, 0.5) is 0 Å². The molecule has 0 aliphatic carbocycles. The number of carbonyl (C=O) groups is 2. The highest BCUT2D eigenvalue weighted by Gasteiger charge is 2.50. The number of benzene rings is 2. The predicted octanol–water partition coefficient (Wildman–Crippen LogP) is 1.44. The number of nitrogens with zero attached hydrogens (tertiary/aromatic N) is 2. The van der Waals surface area contributed by atoms with Crippen LogP contribution in [0.1, 0.15) is 32.7 Å². The van der Waals surface area contributed by atoms with Crippen molar-refractivity contribution >= 4 is 27.5 Å². The molecule has 2 bridgehead atoms. The van der Waals surface area contributed by atoms with E-state index in [2.05, 4.69) is 9.93 Å². The van der Waals surface area contributed by atoms with E-state index in [1.165, 1.54) is 17.0 Å². The zero-order valence-corrected chi connectivity index (χ0v) is 17.3. The third-order valence-electron chi connectivity index (χ3n) is 5.63. The smallest absolute Gasteiger partial charge is 0.276 e. The fraction of sp³-hybridized carbons (Fsp3) is 0.286. The van der Waals surface area contributed by atoms with Gasteiger partial charge in [0.15, 0.2) is 6.29 Å². The molecule has 3 aliphatic rings. The predicted molar refractivity (Wildman–Crippen MR) is 109 cm³/mol. The van der Waals surface area contributed by atoms with Crippen LogP contribution >= 0.6 is 0 Å². The second-order valence-electron chi connectivity index (χ2n) is 7.65. The molecule has 31 heavy (non-hydrogen) atoms. The molecule has 1 N–H and O–H groups in total. The Bertz CT molecular complexity index is 1170. The minimum absolute atomic E-state index is 0.0706. The molecule has 160 valence electrons. The number of rotatable bonds is 4. The summed E-state index contributed by atoms with van der Waals surface area (Å²) in [6.45, 7) is 2.03. The van der Waals surface area contributed by atoms with Crippen molar-refractivity contribution in [1.82, 2.24) is 9.73 Å². The molecule has 0 spiro atoms. The topological polar surface area (TPSA) is 114 Å². The number of imide groups is 1. The maximum atomic E-state index is 12.9. The molecule has 0 aromatic heterocycles. The van der Waals surface area contributed by atoms with Crippen LogP contribution in [-0.4, -0.2) is 55.9 Å². The van der Waals surface area contributed by atoms with Crippen LogP contribution in [0.2, 0.25) is 0 Å². The first-order valence-electron chi connectivity index (χ1n) is 9.74. The van der Waals surface area contributed by atoms with Gasteiger partial charge in [-0.25, -0.2) is 0 Å². The summed E-state index contributed by atoms with van der Waals surface area (Å²) in [7, 11) is -3.89. The summed E-state index contributed by atoms with van der Waals surface area (Å²) >= 11 is 0. The minimum Gasteiger partial charge on any atom is -0.344 e. The van der Waals surface area contributed by atoms with Crippen LogP contribution in [0.3, 0.4) is 0 Å². The zero-order valence-electron chi connectivity index (χ0n) is 16.5. The Morgan fingerprint density at radius 2 is 1.68 bits per heavy atom. The number of carbonyl (C=O) groups excluding carboxylic acids is 2. The second kappa shape index (κ2) is 7.26. The van der Waals surface area contributed by atoms with Crippen LogP contribution in [0, 0.1) is 6.92 Å². The van der Waals surface area contributed by atoms with Crippen molar-refractivity contribution in [1.29, 1.82) is 0 Å². The lowest BCUT2D eigenvalue weighted by Crippen LogP contribution is -2.52. The average molecular weight is 441 g/mol. The molecule has 2 fully saturated rings. The Labute approximate surface area is 178 Å². The molecule has 0 saturated carbocycles. The number of aryl methyl sites for hydroxylation is 1. The van der Waals surface area contributed by atoms with Crippen molar-refractivity contribution in [2.45, 2.75) is 36.7 Å². The highest BCUT2D eigenvalue weighted by atomic mass is 32.2. The number of amides is 2. The highest BCUT2D eigenvalue weighted by molar-refractivity contribution is 7.89. The Hall–Kier alpha value is -3.08. The van der Waals surface area contributed by atoms with Gasteiger partial charge in [-0.1, -0.05) is 29.8 Å². The van der Waals surface area contributed by atoms with Gasteiger partial charge in [-0.05, 0) is 31.2 Å². The first-order valence-corrected chi connectivity index (χ1v) is 11.2. The number of hydrogen-bond acceptors (Lipinski definition) is 7. The fourth-order valence-corrected chi connectivity index (χ4v) is 4.83. The number of nitrogens with one attached hydrogen (secondary N) is 1. The summed E-state index contributed by atoms with van der Waals surface area (Å²) < 4.78 is 36.5. The van der Waals surface area contributed by atoms with E-state index in [1.807, 2.05) is 6.92 Å². The number of hydrogen-bond donors (Lipinski definition) is 1. The second-order valence-corrected chi connectivity index (χ2v) is 9.31. The van der Waals surface area contributed by atoms with Crippen LogP contribution in [0.5, 0.6) is 0 Å². The van der Waals surface area contributed by atoms with E-state index >= 15 is 0 Å². The van der Waals surface area contributed by atoms with Gasteiger partial charge >= 0.3 is 0 Å². The summed E-state index contributed by atoms with van der Waals surface area (Å²) in [5.41, 5.74) is 1.88. The van der Waals surface area contributed by atoms with Crippen molar-refractivity contribution in [3.63, 3.8) is 0 Å². The molecule has 2 saturated heterocycles. The lowest BCUT2D eigenvalue weighted by atomic mass is 10.0. The Morgan fingerprint density at radius 3 is 2.32 bits per heavy atom. The number of ether oxygens (including phenoxy) is 2. The lowest BCUT2D eigenvalue weighted by Gasteiger charge is -2.33. The molecular weight excluding hydrogens is 422 g/mol. The molecule has 9 nitrogen and oxygen atoms in total. The Kier molecular flexibility index (Phi) is 4.65. The largest absolute Gasteiger partial charge is 0.344 e. The summed E-state index contributed by atoms with van der Waals surface area (Å²) in [6.07, 6.45) is -1.17. The zero-order chi connectivity index (χ0) is 21.8. The molecule has 10 heteroatoms. The van der Waals surface area contributed by atoms with E-state index in [-0.39, 0.29) is 23.6 Å². The summed E-state index contributed by atoms with van der Waals surface area (Å²) in [4.78, 5) is 29.2. The molecule has 3 heterocycles. The van der Waals surface area contributed by atoms with E-state index in [0.717, 1.165) is 5.56 Å². The Morgan fingerprint density at radius 1 is 1.03 bits per heavy atom. The number of hydrazone groups is 1. The van der Waals surface area contributed by atoms with Gasteiger partial charge in [0.05, 0.1) is 34.4 Å². The first kappa shape index (κ1) is 19.9. The summed E-state index contributed by atoms with van der Waals surface area (Å²) in [6, 6.07) is 12.3. The summed E-state index contributed by atoms with van der Waals surface area (Å²) in [5, 5.41) is 4.03. The van der Waals surface area contributed by atoms with Crippen molar-refractivity contribution in [2.24, 2.45) is 5.10 Å². The monoisotopic (exact) mass is 441 g/mol. The quantitative estimate of drug-likeness (QED) is 0.567. The number of sulfonamides is 1. The molecule has 3 aliphatic heterocycles. The SMILES string of the molecule is Cc1ccc(S(=O)(=O)N/N=C2/C[C@H](N3C(=O)c4ccccc4C3=O)[C@H]3CO[C@@H]2O3)cc1. The van der Waals surface area contributed by atoms with Crippen LogP contribution in [-0.2, 0) is 19.5 Å². The van der Waals surface area contributed by atoms with Gasteiger partial charge in [-0.2, -0.15) is 18.4 Å². The normalized spacial score (nSPS) is 26.4. The molecule has 3 atom stereocenters.